The van der Waals surface area contributed by atoms with E-state index in [1.54, 1.807) is 0 Å². The number of aliphatic imine (C=N–C) groups is 1. The molecule has 0 bridgehead atoms. The van der Waals surface area contributed by atoms with Crippen LogP contribution in [-0.4, -0.2) is 41.1 Å². The highest BCUT2D eigenvalue weighted by molar-refractivity contribution is 14.0. The summed E-state index contributed by atoms with van der Waals surface area (Å²) in [6, 6.07) is 5.18. The van der Waals surface area contributed by atoms with Crippen LogP contribution in [0, 0.1) is 0 Å². The summed E-state index contributed by atoms with van der Waals surface area (Å²) in [7, 11) is 1.85. The van der Waals surface area contributed by atoms with Gasteiger partial charge in [0.2, 0.25) is 5.89 Å². The minimum Gasteiger partial charge on any atom is -0.357 e. The van der Waals surface area contributed by atoms with Gasteiger partial charge in [0.1, 0.15) is 0 Å². The first kappa shape index (κ1) is 26.2. The fraction of sp³-hybridized carbons (Fsp3) is 0.550. The van der Waals surface area contributed by atoms with Crippen molar-refractivity contribution in [3.05, 3.63) is 47.1 Å². The number of rotatable bonds is 8. The molecule has 0 spiro atoms. The van der Waals surface area contributed by atoms with E-state index in [9.17, 15) is 13.2 Å². The van der Waals surface area contributed by atoms with Gasteiger partial charge in [0, 0.05) is 39.0 Å². The summed E-state index contributed by atoms with van der Waals surface area (Å²) in [5.41, 5.74) is 0.129. The first-order valence-electron chi connectivity index (χ1n) is 9.68. The zero-order chi connectivity index (χ0) is 21.4. The highest BCUT2D eigenvalue weighted by atomic mass is 127. The van der Waals surface area contributed by atoms with Crippen molar-refractivity contribution in [1.82, 2.24) is 20.4 Å². The van der Waals surface area contributed by atoms with Gasteiger partial charge in [-0.25, -0.2) is 0 Å². The lowest BCUT2D eigenvalue weighted by Gasteiger charge is -2.22. The van der Waals surface area contributed by atoms with Gasteiger partial charge in [0.25, 0.3) is 0 Å². The molecule has 0 amide bonds. The van der Waals surface area contributed by atoms with E-state index in [0.29, 0.717) is 43.7 Å². The monoisotopic (exact) mass is 539 g/mol. The van der Waals surface area contributed by atoms with Crippen LogP contribution in [0.4, 0.5) is 13.2 Å². The number of nitrogens with zero attached hydrogens (tertiary/aromatic N) is 4. The van der Waals surface area contributed by atoms with E-state index in [-0.39, 0.29) is 29.9 Å². The van der Waals surface area contributed by atoms with Crippen molar-refractivity contribution in [1.29, 1.82) is 0 Å². The van der Waals surface area contributed by atoms with E-state index in [4.69, 9.17) is 4.52 Å². The Labute approximate surface area is 192 Å². The topological polar surface area (TPSA) is 66.5 Å². The summed E-state index contributed by atoms with van der Waals surface area (Å²) in [6.45, 7) is 7.69. The van der Waals surface area contributed by atoms with Gasteiger partial charge in [0.05, 0.1) is 5.56 Å². The zero-order valence-corrected chi connectivity index (χ0v) is 20.0. The maximum atomic E-state index is 12.7. The van der Waals surface area contributed by atoms with Crippen LogP contribution in [0.25, 0.3) is 0 Å². The summed E-state index contributed by atoms with van der Waals surface area (Å²) in [6.07, 6.45) is -2.93. The van der Waals surface area contributed by atoms with Crippen molar-refractivity contribution in [2.75, 3.05) is 20.1 Å². The molecule has 1 aromatic heterocycles. The average molecular weight is 539 g/mol. The van der Waals surface area contributed by atoms with Gasteiger partial charge >= 0.3 is 6.18 Å². The number of halogens is 4. The molecule has 168 valence electrons. The maximum absolute atomic E-state index is 12.7. The van der Waals surface area contributed by atoms with Crippen molar-refractivity contribution in [2.24, 2.45) is 4.99 Å². The Bertz CT molecular complexity index is 790. The Kier molecular flexibility index (Phi) is 10.6. The molecular formula is C20H29F3IN5O. The second kappa shape index (κ2) is 12.1. The first-order chi connectivity index (χ1) is 13.7. The number of guanidine groups is 1. The Morgan fingerprint density at radius 3 is 2.43 bits per heavy atom. The van der Waals surface area contributed by atoms with Crippen molar-refractivity contribution < 1.29 is 17.7 Å². The number of aryl methyl sites for hydroxylation is 1. The molecule has 30 heavy (non-hydrogen) atoms. The van der Waals surface area contributed by atoms with Crippen LogP contribution in [0.5, 0.6) is 0 Å². The van der Waals surface area contributed by atoms with Crippen molar-refractivity contribution in [2.45, 2.75) is 52.3 Å². The van der Waals surface area contributed by atoms with Crippen LogP contribution in [0.3, 0.4) is 0 Å². The van der Waals surface area contributed by atoms with Crippen LogP contribution in [0.2, 0.25) is 0 Å². The Hall–Kier alpha value is -1.85. The van der Waals surface area contributed by atoms with Crippen LogP contribution in [-0.2, 0) is 19.1 Å². The van der Waals surface area contributed by atoms with E-state index >= 15 is 0 Å². The first-order valence-corrected chi connectivity index (χ1v) is 9.68. The average Bonchev–Trinajstić information content (AvgIpc) is 3.13. The molecule has 0 atom stereocenters. The lowest BCUT2D eigenvalue weighted by Crippen LogP contribution is -2.38. The van der Waals surface area contributed by atoms with Crippen LogP contribution >= 0.6 is 24.0 Å². The summed E-state index contributed by atoms with van der Waals surface area (Å²) in [5.74, 6) is 2.23. The molecule has 0 radical (unpaired) electrons. The maximum Gasteiger partial charge on any atom is 0.416 e. The lowest BCUT2D eigenvalue weighted by atomic mass is 10.1. The minimum atomic E-state index is -4.32. The van der Waals surface area contributed by atoms with Gasteiger partial charge in [-0.15, -0.1) is 24.0 Å². The molecule has 2 rings (SSSR count). The number of benzene rings is 1. The molecule has 2 aromatic rings. The zero-order valence-electron chi connectivity index (χ0n) is 17.7. The standard InChI is InChI=1S/C20H28F3N5O.HI/c1-5-24-19(25-12-6-7-17-26-18(14(2)3)27-29-17)28(4)13-15-8-10-16(11-9-15)20(21,22)23;/h8-11,14H,5-7,12-13H2,1-4H3,(H,24,25);1H. The molecule has 0 fully saturated rings. The highest BCUT2D eigenvalue weighted by Crippen LogP contribution is 2.29. The predicted octanol–water partition coefficient (Wildman–Crippen LogP) is 4.86. The molecule has 0 aliphatic rings. The SMILES string of the molecule is CCNC(=NCCCc1nc(C(C)C)no1)N(C)Cc1ccc(C(F)(F)F)cc1.I. The van der Waals surface area contributed by atoms with Crippen molar-refractivity contribution in [3.63, 3.8) is 0 Å². The summed E-state index contributed by atoms with van der Waals surface area (Å²) >= 11 is 0. The van der Waals surface area contributed by atoms with Gasteiger partial charge in [-0.3, -0.25) is 4.99 Å². The fourth-order valence-electron chi connectivity index (χ4n) is 2.64. The smallest absolute Gasteiger partial charge is 0.357 e. The summed E-state index contributed by atoms with van der Waals surface area (Å²) < 4.78 is 43.3. The third kappa shape index (κ3) is 8.11. The quantitative estimate of drug-likeness (QED) is 0.225. The third-order valence-corrected chi connectivity index (χ3v) is 4.21. The van der Waals surface area contributed by atoms with Gasteiger partial charge < -0.3 is 14.7 Å². The Morgan fingerprint density at radius 2 is 1.90 bits per heavy atom. The second-order valence-electron chi connectivity index (χ2n) is 7.09. The van der Waals surface area contributed by atoms with Gasteiger partial charge in [-0.1, -0.05) is 31.1 Å². The van der Waals surface area contributed by atoms with Gasteiger partial charge in [0.15, 0.2) is 11.8 Å². The number of aromatic nitrogens is 2. The minimum absolute atomic E-state index is 0. The lowest BCUT2D eigenvalue weighted by molar-refractivity contribution is -0.137. The van der Waals surface area contributed by atoms with E-state index in [1.807, 2.05) is 32.7 Å². The van der Waals surface area contributed by atoms with Gasteiger partial charge in [-0.05, 0) is 31.0 Å². The predicted molar refractivity (Wildman–Crippen MR) is 121 cm³/mol. The Morgan fingerprint density at radius 1 is 1.23 bits per heavy atom. The third-order valence-electron chi connectivity index (χ3n) is 4.21. The molecule has 0 saturated carbocycles. The molecule has 10 heteroatoms. The largest absolute Gasteiger partial charge is 0.416 e. The van der Waals surface area contributed by atoms with Gasteiger partial charge in [-0.2, -0.15) is 18.2 Å². The molecule has 1 heterocycles. The van der Waals surface area contributed by atoms with Crippen molar-refractivity contribution in [3.8, 4) is 0 Å². The molecule has 1 N–H and O–H groups in total. The summed E-state index contributed by atoms with van der Waals surface area (Å²) in [4.78, 5) is 10.8. The van der Waals surface area contributed by atoms with E-state index in [1.165, 1.54) is 12.1 Å². The van der Waals surface area contributed by atoms with Crippen LogP contribution in [0.1, 0.15) is 56.0 Å². The number of hydrogen-bond acceptors (Lipinski definition) is 4. The summed E-state index contributed by atoms with van der Waals surface area (Å²) in [5, 5.41) is 7.14. The van der Waals surface area contributed by atoms with Crippen LogP contribution in [0.15, 0.2) is 33.8 Å². The van der Waals surface area contributed by atoms with Crippen LogP contribution < -0.4 is 5.32 Å². The molecule has 6 nitrogen and oxygen atoms in total. The number of alkyl halides is 3. The molecule has 0 aliphatic carbocycles. The van der Waals surface area contributed by atoms with E-state index in [2.05, 4.69) is 20.4 Å². The normalized spacial score (nSPS) is 12.1. The molecular weight excluding hydrogens is 510 g/mol. The number of nitrogens with one attached hydrogen (secondary N) is 1. The van der Waals surface area contributed by atoms with Crippen molar-refractivity contribution >= 4 is 29.9 Å². The molecule has 0 unspecified atom stereocenters. The fourth-order valence-corrected chi connectivity index (χ4v) is 2.64. The molecule has 1 aromatic carbocycles. The molecule has 0 saturated heterocycles. The van der Waals surface area contributed by atoms with E-state index < -0.39 is 11.7 Å². The highest BCUT2D eigenvalue weighted by Gasteiger charge is 2.29. The second-order valence-corrected chi connectivity index (χ2v) is 7.09. The number of hydrogen-bond donors (Lipinski definition) is 1. The van der Waals surface area contributed by atoms with E-state index in [0.717, 1.165) is 24.1 Å². The Balaban J connectivity index is 0.00000450. The molecule has 0 aliphatic heterocycles.